The zero-order valence-corrected chi connectivity index (χ0v) is 9.05. The minimum absolute atomic E-state index is 0. The first-order chi connectivity index (χ1) is 5.93. The van der Waals surface area contributed by atoms with Gasteiger partial charge in [-0.1, -0.05) is 13.5 Å². The predicted molar refractivity (Wildman–Crippen MR) is 51.4 cm³/mol. The molecule has 8 heteroatoms. The normalized spacial score (nSPS) is 12.3. The summed E-state index contributed by atoms with van der Waals surface area (Å²) in [5, 5.41) is 8.67. The number of ether oxygens (including phenoxy) is 1. The van der Waals surface area contributed by atoms with Gasteiger partial charge in [-0.3, -0.25) is 0 Å². The Morgan fingerprint density at radius 3 is 2.36 bits per heavy atom. The van der Waals surface area contributed by atoms with Gasteiger partial charge in [0.25, 0.3) is 0 Å². The van der Waals surface area contributed by atoms with Crippen LogP contribution in [0.1, 0.15) is 13.3 Å². The fraction of sp³-hybridized carbons (Fsp3) is 0.500. The molecule has 2 atom stereocenters. The molecule has 0 aromatic rings. The van der Waals surface area contributed by atoms with Gasteiger partial charge in [0.2, 0.25) is 6.29 Å². The van der Waals surface area contributed by atoms with Gasteiger partial charge in [0.1, 0.15) is 0 Å². The fourth-order valence-electron chi connectivity index (χ4n) is 0.266. The van der Waals surface area contributed by atoms with E-state index >= 15 is 0 Å². The maximum Gasteiger partial charge on any atom is 0.332 e. The zero-order valence-electron chi connectivity index (χ0n) is 7.41. The Labute approximate surface area is 90.5 Å². The molecule has 0 rings (SSSR count). The minimum Gasteiger partial charge on any atom is -0.750 e. The van der Waals surface area contributed by atoms with Gasteiger partial charge < -0.3 is 18.9 Å². The molecule has 0 saturated heterocycles. The van der Waals surface area contributed by atoms with E-state index in [2.05, 4.69) is 11.3 Å². The van der Waals surface area contributed by atoms with Crippen LogP contribution in [-0.4, -0.2) is 30.7 Å². The molecule has 0 heterocycles. The van der Waals surface area contributed by atoms with Gasteiger partial charge in [0.15, 0.2) is 0 Å². The van der Waals surface area contributed by atoms with Crippen LogP contribution >= 0.6 is 12.4 Å². The van der Waals surface area contributed by atoms with E-state index in [0.717, 1.165) is 6.08 Å². The van der Waals surface area contributed by atoms with Crippen molar-refractivity contribution in [3.8, 4) is 0 Å². The SMILES string of the molecule is C=CC(=O)OC(O)CC.Cl.O=S([O-])O. The lowest BCUT2D eigenvalue weighted by Gasteiger charge is -2.05. The molecule has 0 fully saturated rings. The summed E-state index contributed by atoms with van der Waals surface area (Å²) in [4.78, 5) is 10.3. The number of carbonyl (C=O) groups is 1. The second-order valence-electron chi connectivity index (χ2n) is 1.72. The Hall–Kier alpha value is -0.470. The van der Waals surface area contributed by atoms with E-state index in [4.69, 9.17) is 18.4 Å². The smallest absolute Gasteiger partial charge is 0.332 e. The third kappa shape index (κ3) is 22.5. The summed E-state index contributed by atoms with van der Waals surface area (Å²) < 4.78 is 28.4. The van der Waals surface area contributed by atoms with E-state index in [1.54, 1.807) is 6.92 Å². The number of aliphatic hydroxyl groups excluding tert-OH is 1. The monoisotopic (exact) mass is 247 g/mol. The first-order valence-corrected chi connectivity index (χ1v) is 4.26. The first kappa shape index (κ1) is 19.2. The Bertz CT molecular complexity index is 181. The van der Waals surface area contributed by atoms with Crippen molar-refractivity contribution in [2.75, 3.05) is 0 Å². The van der Waals surface area contributed by atoms with Gasteiger partial charge in [-0.2, -0.15) is 0 Å². The Balaban J connectivity index is -0.000000209. The molecule has 0 aromatic heterocycles. The summed E-state index contributed by atoms with van der Waals surface area (Å²) in [6.45, 7) is 4.87. The topological polar surface area (TPSA) is 107 Å². The van der Waals surface area contributed by atoms with Crippen LogP contribution in [0.4, 0.5) is 0 Å². The van der Waals surface area contributed by atoms with Crippen LogP contribution in [0, 0.1) is 0 Å². The van der Waals surface area contributed by atoms with Crippen molar-refractivity contribution in [3.63, 3.8) is 0 Å². The molecule has 6 nitrogen and oxygen atoms in total. The molecule has 14 heavy (non-hydrogen) atoms. The lowest BCUT2D eigenvalue weighted by Crippen LogP contribution is -2.14. The number of hydrogen-bond donors (Lipinski definition) is 2. The van der Waals surface area contributed by atoms with Crippen molar-refractivity contribution in [3.05, 3.63) is 12.7 Å². The van der Waals surface area contributed by atoms with Crippen molar-refractivity contribution in [1.82, 2.24) is 0 Å². The zero-order chi connectivity index (χ0) is 10.9. The molecule has 2 N–H and O–H groups in total. The fourth-order valence-corrected chi connectivity index (χ4v) is 0.266. The molecular formula is C6H12ClO6S-. The van der Waals surface area contributed by atoms with E-state index in [0.29, 0.717) is 6.42 Å². The molecule has 86 valence electrons. The number of esters is 1. The Morgan fingerprint density at radius 1 is 1.79 bits per heavy atom. The summed E-state index contributed by atoms with van der Waals surface area (Å²) in [6, 6.07) is 0. The third-order valence-electron chi connectivity index (χ3n) is 0.768. The lowest BCUT2D eigenvalue weighted by molar-refractivity contribution is -0.161. The number of rotatable bonds is 3. The summed E-state index contributed by atoms with van der Waals surface area (Å²) >= 11 is -2.86. The summed E-state index contributed by atoms with van der Waals surface area (Å²) in [5.74, 6) is -0.593. The van der Waals surface area contributed by atoms with Gasteiger partial charge in [-0.05, 0) is 0 Å². The molecule has 0 spiro atoms. The highest BCUT2D eigenvalue weighted by molar-refractivity contribution is 7.73. The van der Waals surface area contributed by atoms with E-state index in [9.17, 15) is 4.79 Å². The highest BCUT2D eigenvalue weighted by Gasteiger charge is 2.02. The van der Waals surface area contributed by atoms with Crippen molar-refractivity contribution < 1.29 is 28.0 Å². The number of halogens is 1. The standard InChI is InChI=1S/C6H10O3.ClH.H2O3S/c1-3-5(7)9-6(8)4-2;;1-4(2)3/h3,6,8H,1,4H2,2H3;1H;(H2,1,2,3)/p-1. The summed E-state index contributed by atoms with van der Waals surface area (Å²) in [6.07, 6.45) is 0.425. The van der Waals surface area contributed by atoms with Crippen LogP contribution in [-0.2, 0) is 20.9 Å². The highest BCUT2D eigenvalue weighted by Crippen LogP contribution is 1.92. The molecule has 0 aromatic carbocycles. The average molecular weight is 248 g/mol. The average Bonchev–Trinajstić information content (AvgIpc) is 2.03. The van der Waals surface area contributed by atoms with E-state index in [1.165, 1.54) is 0 Å². The number of aliphatic hydroxyl groups is 1. The molecule has 2 unspecified atom stereocenters. The van der Waals surface area contributed by atoms with Crippen LogP contribution in [0.3, 0.4) is 0 Å². The molecule has 0 aliphatic carbocycles. The van der Waals surface area contributed by atoms with E-state index in [-0.39, 0.29) is 12.4 Å². The van der Waals surface area contributed by atoms with Crippen LogP contribution < -0.4 is 0 Å². The number of hydrogen-bond acceptors (Lipinski definition) is 5. The molecule has 0 aliphatic rings. The Kier molecular flexibility index (Phi) is 17.1. The van der Waals surface area contributed by atoms with E-state index in [1.807, 2.05) is 0 Å². The van der Waals surface area contributed by atoms with Gasteiger partial charge in [-0.25, -0.2) is 9.00 Å². The van der Waals surface area contributed by atoms with Crippen LogP contribution in [0.25, 0.3) is 0 Å². The highest BCUT2D eigenvalue weighted by atomic mass is 35.5. The van der Waals surface area contributed by atoms with Crippen LogP contribution in [0.2, 0.25) is 0 Å². The van der Waals surface area contributed by atoms with Crippen LogP contribution in [0.15, 0.2) is 12.7 Å². The van der Waals surface area contributed by atoms with Crippen molar-refractivity contribution >= 4 is 29.7 Å². The lowest BCUT2D eigenvalue weighted by atomic mass is 10.5. The first-order valence-electron chi connectivity index (χ1n) is 3.23. The molecular weight excluding hydrogens is 236 g/mol. The van der Waals surface area contributed by atoms with Crippen LogP contribution in [0.5, 0.6) is 0 Å². The molecule has 0 saturated carbocycles. The summed E-state index contributed by atoms with van der Waals surface area (Å²) in [5.41, 5.74) is 0. The second-order valence-corrected chi connectivity index (χ2v) is 2.16. The maximum atomic E-state index is 10.3. The van der Waals surface area contributed by atoms with Gasteiger partial charge in [-0.15, -0.1) is 12.4 Å². The predicted octanol–water partition coefficient (Wildman–Crippen LogP) is 0.204. The maximum absolute atomic E-state index is 10.3. The quantitative estimate of drug-likeness (QED) is 0.319. The van der Waals surface area contributed by atoms with Crippen molar-refractivity contribution in [2.24, 2.45) is 0 Å². The van der Waals surface area contributed by atoms with Crippen molar-refractivity contribution in [1.29, 1.82) is 0 Å². The molecule has 0 bridgehead atoms. The molecule has 0 amide bonds. The third-order valence-corrected chi connectivity index (χ3v) is 0.768. The van der Waals surface area contributed by atoms with E-state index < -0.39 is 23.6 Å². The Morgan fingerprint density at radius 2 is 2.14 bits per heavy atom. The van der Waals surface area contributed by atoms with Gasteiger partial charge in [0.05, 0.1) is 11.4 Å². The largest absolute Gasteiger partial charge is 0.750 e. The second kappa shape index (κ2) is 12.5. The number of carbonyl (C=O) groups excluding carboxylic acids is 1. The van der Waals surface area contributed by atoms with Gasteiger partial charge in [0, 0.05) is 12.5 Å². The summed E-state index contributed by atoms with van der Waals surface area (Å²) in [7, 11) is 0. The molecule has 0 aliphatic heterocycles. The minimum atomic E-state index is -2.86. The van der Waals surface area contributed by atoms with Gasteiger partial charge >= 0.3 is 5.97 Å². The van der Waals surface area contributed by atoms with Crippen molar-refractivity contribution in [2.45, 2.75) is 19.6 Å². The molecule has 0 radical (unpaired) electrons.